The number of hydrogen-bond acceptors (Lipinski definition) is 4. The van der Waals surface area contributed by atoms with Gasteiger partial charge in [-0.2, -0.15) is 0 Å². The Kier molecular flexibility index (Phi) is 3.19. The summed E-state index contributed by atoms with van der Waals surface area (Å²) < 4.78 is 0. The molecule has 3 heterocycles. The smallest absolute Gasteiger partial charge is 0.129 e. The van der Waals surface area contributed by atoms with Crippen molar-refractivity contribution in [1.29, 1.82) is 0 Å². The third kappa shape index (κ3) is 2.12. The van der Waals surface area contributed by atoms with Gasteiger partial charge in [0.15, 0.2) is 0 Å². The molecule has 2 aromatic heterocycles. The van der Waals surface area contributed by atoms with Gasteiger partial charge in [0.2, 0.25) is 0 Å². The van der Waals surface area contributed by atoms with E-state index >= 15 is 0 Å². The average molecular weight is 285 g/mol. The van der Waals surface area contributed by atoms with E-state index in [1.54, 1.807) is 11.3 Å². The fourth-order valence-electron chi connectivity index (χ4n) is 3.53. The van der Waals surface area contributed by atoms with Gasteiger partial charge in [0.1, 0.15) is 5.82 Å². The first-order valence-electron chi connectivity index (χ1n) is 7.54. The Morgan fingerprint density at radius 1 is 1.15 bits per heavy atom. The van der Waals surface area contributed by atoms with Gasteiger partial charge < -0.3 is 5.32 Å². The van der Waals surface area contributed by atoms with Crippen molar-refractivity contribution in [3.05, 3.63) is 40.0 Å². The summed E-state index contributed by atoms with van der Waals surface area (Å²) in [5.74, 6) is 2.24. The topological polar surface area (TPSA) is 37.8 Å². The van der Waals surface area contributed by atoms with E-state index in [-0.39, 0.29) is 0 Å². The Balaban J connectivity index is 1.67. The van der Waals surface area contributed by atoms with Crippen LogP contribution in [0.3, 0.4) is 0 Å². The Bertz CT molecular complexity index is 588. The molecule has 0 bridgehead atoms. The molecule has 2 aromatic rings. The van der Waals surface area contributed by atoms with Gasteiger partial charge in [-0.1, -0.05) is 19.3 Å². The van der Waals surface area contributed by atoms with Crippen LogP contribution in [-0.2, 0) is 0 Å². The first-order valence-corrected chi connectivity index (χ1v) is 8.42. The lowest BCUT2D eigenvalue weighted by Gasteiger charge is -2.22. The first-order chi connectivity index (χ1) is 9.92. The maximum absolute atomic E-state index is 4.67. The van der Waals surface area contributed by atoms with Crippen molar-refractivity contribution in [1.82, 2.24) is 9.97 Å². The molecule has 0 spiro atoms. The predicted molar refractivity (Wildman–Crippen MR) is 82.5 cm³/mol. The molecule has 1 N–H and O–H groups in total. The van der Waals surface area contributed by atoms with Gasteiger partial charge in [0.05, 0.1) is 5.51 Å². The molecule has 2 aliphatic rings. The second-order valence-corrected chi connectivity index (χ2v) is 6.80. The summed E-state index contributed by atoms with van der Waals surface area (Å²) >= 11 is 1.75. The van der Waals surface area contributed by atoms with E-state index in [0.29, 0.717) is 5.92 Å². The molecule has 20 heavy (non-hydrogen) atoms. The van der Waals surface area contributed by atoms with Gasteiger partial charge in [-0.25, -0.2) is 4.98 Å². The van der Waals surface area contributed by atoms with Gasteiger partial charge in [0.25, 0.3) is 0 Å². The van der Waals surface area contributed by atoms with E-state index < -0.39 is 0 Å². The molecule has 1 aliphatic carbocycles. The van der Waals surface area contributed by atoms with E-state index in [1.165, 1.54) is 48.1 Å². The van der Waals surface area contributed by atoms with Gasteiger partial charge in [-0.3, -0.25) is 4.98 Å². The summed E-state index contributed by atoms with van der Waals surface area (Å²) in [5.41, 5.74) is 4.74. The zero-order valence-corrected chi connectivity index (χ0v) is 12.3. The Hall–Kier alpha value is -1.42. The minimum atomic E-state index is 0.438. The van der Waals surface area contributed by atoms with Crippen molar-refractivity contribution in [3.63, 3.8) is 0 Å². The zero-order valence-electron chi connectivity index (χ0n) is 11.5. The quantitative estimate of drug-likeness (QED) is 0.901. The van der Waals surface area contributed by atoms with Crippen LogP contribution in [0.5, 0.6) is 0 Å². The molecule has 0 aromatic carbocycles. The molecule has 104 valence electrons. The number of nitrogens with one attached hydrogen (secondary N) is 1. The molecule has 1 aliphatic heterocycles. The summed E-state index contributed by atoms with van der Waals surface area (Å²) in [5, 5.41) is 3.44. The fraction of sp³-hybridized carbons (Fsp3) is 0.500. The molecule has 1 saturated carbocycles. The van der Waals surface area contributed by atoms with Crippen molar-refractivity contribution in [2.24, 2.45) is 0 Å². The monoisotopic (exact) mass is 285 g/mol. The highest BCUT2D eigenvalue weighted by Gasteiger charge is 2.27. The van der Waals surface area contributed by atoms with Gasteiger partial charge in [0, 0.05) is 35.3 Å². The van der Waals surface area contributed by atoms with Crippen LogP contribution in [0.1, 0.15) is 59.9 Å². The van der Waals surface area contributed by atoms with E-state index in [4.69, 9.17) is 0 Å². The van der Waals surface area contributed by atoms with Crippen LogP contribution in [0, 0.1) is 0 Å². The summed E-state index contributed by atoms with van der Waals surface area (Å²) in [6, 6.07) is 2.41. The SMILES string of the molecule is c1ncc(C2CNc3ncc(C4CCCCC4)cc32)s1. The molecule has 0 saturated heterocycles. The molecule has 1 unspecified atom stereocenters. The van der Waals surface area contributed by atoms with Crippen LogP contribution in [0.4, 0.5) is 5.82 Å². The second kappa shape index (κ2) is 5.17. The van der Waals surface area contributed by atoms with Crippen LogP contribution in [0.2, 0.25) is 0 Å². The van der Waals surface area contributed by atoms with Crippen molar-refractivity contribution >= 4 is 17.2 Å². The van der Waals surface area contributed by atoms with Crippen LogP contribution in [0.15, 0.2) is 24.0 Å². The number of fused-ring (bicyclic) bond motifs is 1. The van der Waals surface area contributed by atoms with E-state index in [1.807, 2.05) is 11.7 Å². The number of nitrogens with zero attached hydrogens (tertiary/aromatic N) is 2. The highest BCUT2D eigenvalue weighted by Crippen LogP contribution is 2.39. The minimum absolute atomic E-state index is 0.438. The normalized spacial score (nSPS) is 22.5. The van der Waals surface area contributed by atoms with Crippen LogP contribution >= 0.6 is 11.3 Å². The van der Waals surface area contributed by atoms with Crippen molar-refractivity contribution in [3.8, 4) is 0 Å². The number of hydrogen-bond donors (Lipinski definition) is 1. The number of pyridine rings is 1. The lowest BCUT2D eigenvalue weighted by Crippen LogP contribution is -2.06. The molecule has 3 nitrogen and oxygen atoms in total. The largest absolute Gasteiger partial charge is 0.369 e. The summed E-state index contributed by atoms with van der Waals surface area (Å²) in [4.78, 5) is 10.2. The maximum Gasteiger partial charge on any atom is 0.129 e. The first kappa shape index (κ1) is 12.3. The standard InChI is InChI=1S/C16H19N3S/c1-2-4-11(5-3-1)12-6-13-14(15-9-17-10-20-15)8-19-16(13)18-7-12/h6-7,9-11,14H,1-5,8H2,(H,18,19). The molecule has 1 atom stereocenters. The number of aromatic nitrogens is 2. The Morgan fingerprint density at radius 2 is 2.05 bits per heavy atom. The fourth-order valence-corrected chi connectivity index (χ4v) is 4.27. The lowest BCUT2D eigenvalue weighted by molar-refractivity contribution is 0.442. The van der Waals surface area contributed by atoms with Crippen LogP contribution in [0.25, 0.3) is 0 Å². The highest BCUT2D eigenvalue weighted by molar-refractivity contribution is 7.09. The number of thiazole rings is 1. The van der Waals surface area contributed by atoms with Crippen molar-refractivity contribution in [2.45, 2.75) is 43.9 Å². The molecular weight excluding hydrogens is 266 g/mol. The molecule has 4 rings (SSSR count). The second-order valence-electron chi connectivity index (χ2n) is 5.88. The molecule has 0 radical (unpaired) electrons. The highest BCUT2D eigenvalue weighted by atomic mass is 32.1. The summed E-state index contributed by atoms with van der Waals surface area (Å²) in [6.07, 6.45) is 10.9. The maximum atomic E-state index is 4.67. The van der Waals surface area contributed by atoms with Gasteiger partial charge in [-0.15, -0.1) is 11.3 Å². The van der Waals surface area contributed by atoms with E-state index in [2.05, 4.69) is 27.5 Å². The number of anilines is 1. The van der Waals surface area contributed by atoms with Gasteiger partial charge >= 0.3 is 0 Å². The van der Waals surface area contributed by atoms with Gasteiger partial charge in [-0.05, 0) is 30.4 Å². The molecule has 4 heteroatoms. The third-order valence-corrected chi connectivity index (χ3v) is 5.55. The Labute approximate surface area is 123 Å². The summed E-state index contributed by atoms with van der Waals surface area (Å²) in [6.45, 7) is 0.957. The van der Waals surface area contributed by atoms with Crippen molar-refractivity contribution in [2.75, 3.05) is 11.9 Å². The number of rotatable bonds is 2. The predicted octanol–water partition coefficient (Wildman–Crippen LogP) is 4.14. The Morgan fingerprint density at radius 3 is 2.85 bits per heavy atom. The zero-order chi connectivity index (χ0) is 13.4. The van der Waals surface area contributed by atoms with Crippen molar-refractivity contribution < 1.29 is 0 Å². The third-order valence-electron chi connectivity index (χ3n) is 4.66. The average Bonchev–Trinajstić information content (AvgIpc) is 3.16. The van der Waals surface area contributed by atoms with E-state index in [9.17, 15) is 0 Å². The minimum Gasteiger partial charge on any atom is -0.369 e. The molecular formula is C16H19N3S. The lowest BCUT2D eigenvalue weighted by atomic mass is 9.84. The van der Waals surface area contributed by atoms with E-state index in [0.717, 1.165) is 18.3 Å². The van der Waals surface area contributed by atoms with Crippen LogP contribution in [-0.4, -0.2) is 16.5 Å². The molecule has 0 amide bonds. The summed E-state index contributed by atoms with van der Waals surface area (Å²) in [7, 11) is 0. The van der Waals surface area contributed by atoms with Crippen LogP contribution < -0.4 is 5.32 Å². The molecule has 1 fully saturated rings.